The number of nitrogens with one attached hydrogen (secondary N) is 1. The zero-order valence-corrected chi connectivity index (χ0v) is 21.4. The molecule has 8 nitrogen and oxygen atoms in total. The van der Waals surface area contributed by atoms with Gasteiger partial charge in [-0.2, -0.15) is 0 Å². The van der Waals surface area contributed by atoms with Crippen LogP contribution in [0.5, 0.6) is 11.5 Å². The van der Waals surface area contributed by atoms with Crippen LogP contribution in [0.1, 0.15) is 45.2 Å². The number of pyridine rings is 1. The molecule has 4 rings (SSSR count). The number of aliphatic imine (C=N–C) groups is 1. The van der Waals surface area contributed by atoms with Crippen LogP contribution in [0.3, 0.4) is 0 Å². The van der Waals surface area contributed by atoms with Gasteiger partial charge >= 0.3 is 5.97 Å². The van der Waals surface area contributed by atoms with Gasteiger partial charge in [-0.25, -0.2) is 9.79 Å². The highest BCUT2D eigenvalue weighted by molar-refractivity contribution is 5.98. The highest BCUT2D eigenvalue weighted by atomic mass is 16.5. The third-order valence-electron chi connectivity index (χ3n) is 6.19. The zero-order chi connectivity index (χ0) is 25.7. The minimum atomic E-state index is -0.340. The predicted octanol–water partition coefficient (Wildman–Crippen LogP) is 4.88. The summed E-state index contributed by atoms with van der Waals surface area (Å²) in [6.07, 6.45) is 1.81. The van der Waals surface area contributed by atoms with Crippen molar-refractivity contribution in [3.8, 4) is 11.5 Å². The third kappa shape index (κ3) is 5.43. The third-order valence-corrected chi connectivity index (χ3v) is 6.19. The topological polar surface area (TPSA) is 85.3 Å². The van der Waals surface area contributed by atoms with Crippen molar-refractivity contribution in [3.05, 3.63) is 82.2 Å². The Morgan fingerprint density at radius 2 is 1.89 bits per heavy atom. The number of carbonyl (C=O) groups is 1. The summed E-state index contributed by atoms with van der Waals surface area (Å²) in [6, 6.07) is 13.6. The van der Waals surface area contributed by atoms with Gasteiger partial charge < -0.3 is 24.4 Å². The maximum atomic E-state index is 12.3. The number of esters is 1. The van der Waals surface area contributed by atoms with Crippen molar-refractivity contribution in [1.82, 2.24) is 9.88 Å². The molecule has 8 heteroatoms. The normalized spacial score (nSPS) is 13.7. The molecule has 0 amide bonds. The molecular formula is C28H32N4O4. The summed E-state index contributed by atoms with van der Waals surface area (Å²) in [4.78, 5) is 24.0. The molecule has 3 aromatic rings. The number of aryl methyl sites for hydroxylation is 1. The smallest absolute Gasteiger partial charge is 0.338 e. The number of aromatic nitrogens is 1. The van der Waals surface area contributed by atoms with Crippen LogP contribution >= 0.6 is 0 Å². The van der Waals surface area contributed by atoms with Crippen LogP contribution in [0.15, 0.2) is 53.7 Å². The van der Waals surface area contributed by atoms with E-state index in [1.807, 2.05) is 56.4 Å². The van der Waals surface area contributed by atoms with Crippen LogP contribution < -0.4 is 14.8 Å². The Bertz CT molecular complexity index is 1270. The highest BCUT2D eigenvalue weighted by Gasteiger charge is 2.23. The lowest BCUT2D eigenvalue weighted by Gasteiger charge is -2.33. The Morgan fingerprint density at radius 1 is 1.11 bits per heavy atom. The first-order chi connectivity index (χ1) is 17.4. The van der Waals surface area contributed by atoms with Gasteiger partial charge in [0.15, 0.2) is 5.96 Å². The van der Waals surface area contributed by atoms with Crippen LogP contribution in [0.2, 0.25) is 0 Å². The molecule has 1 aliphatic heterocycles. The Balaban J connectivity index is 1.66. The summed E-state index contributed by atoms with van der Waals surface area (Å²) in [5.41, 5.74) is 6.36. The number of rotatable bonds is 8. The number of hydrogen-bond acceptors (Lipinski definition) is 6. The Kier molecular flexibility index (Phi) is 7.73. The quantitative estimate of drug-likeness (QED) is 0.453. The molecule has 36 heavy (non-hydrogen) atoms. The van der Waals surface area contributed by atoms with Crippen LogP contribution in [0.4, 0.5) is 5.69 Å². The molecule has 0 radical (unpaired) electrons. The van der Waals surface area contributed by atoms with Gasteiger partial charge in [0.05, 0.1) is 38.6 Å². The van der Waals surface area contributed by atoms with E-state index in [9.17, 15) is 4.79 Å². The summed E-state index contributed by atoms with van der Waals surface area (Å²) in [5.74, 6) is 2.01. The first kappa shape index (κ1) is 25.0. The van der Waals surface area contributed by atoms with Crippen molar-refractivity contribution < 1.29 is 19.0 Å². The van der Waals surface area contributed by atoms with E-state index in [2.05, 4.69) is 15.2 Å². The maximum absolute atomic E-state index is 12.3. The number of benzene rings is 2. The first-order valence-corrected chi connectivity index (χ1v) is 11.9. The minimum absolute atomic E-state index is 0.331. The van der Waals surface area contributed by atoms with E-state index in [1.54, 1.807) is 27.2 Å². The molecule has 188 valence electrons. The van der Waals surface area contributed by atoms with Gasteiger partial charge in [0, 0.05) is 36.1 Å². The van der Waals surface area contributed by atoms with Crippen LogP contribution in [0.25, 0.3) is 0 Å². The molecule has 2 aromatic carbocycles. The molecule has 0 saturated carbocycles. The lowest BCUT2D eigenvalue weighted by Crippen LogP contribution is -2.39. The number of carbonyl (C=O) groups excluding carboxylic acids is 1. The van der Waals surface area contributed by atoms with E-state index in [-0.39, 0.29) is 5.97 Å². The predicted molar refractivity (Wildman–Crippen MR) is 140 cm³/mol. The lowest BCUT2D eigenvalue weighted by molar-refractivity contribution is 0.0526. The van der Waals surface area contributed by atoms with E-state index in [1.165, 1.54) is 0 Å². The number of methoxy groups -OCH3 is 2. The first-order valence-electron chi connectivity index (χ1n) is 11.9. The van der Waals surface area contributed by atoms with Gasteiger partial charge in [-0.05, 0) is 56.2 Å². The van der Waals surface area contributed by atoms with Gasteiger partial charge in [0.1, 0.15) is 11.5 Å². The summed E-state index contributed by atoms with van der Waals surface area (Å²) >= 11 is 0. The molecule has 0 saturated heterocycles. The molecule has 1 aromatic heterocycles. The molecule has 1 aliphatic rings. The number of fused-ring (bicyclic) bond motifs is 1. The Labute approximate surface area is 211 Å². The standard InChI is InChI=1S/C28H32N4O4/c1-6-36-27(33)21-9-10-22-17-32(16-20-7-11-23(34-4)12-8-20)28(31-24(22)13-21)30-15-25-19(3)26(35-5)18(2)14-29-25/h7-14H,6,15-17H2,1-5H3,(H,30,31). The lowest BCUT2D eigenvalue weighted by atomic mass is 10.1. The molecule has 0 unspecified atom stereocenters. The van der Waals surface area contributed by atoms with Crippen molar-refractivity contribution in [3.63, 3.8) is 0 Å². The number of ether oxygens (including phenoxy) is 3. The molecule has 0 fully saturated rings. The fraction of sp³-hybridized carbons (Fsp3) is 0.321. The fourth-order valence-electron chi connectivity index (χ4n) is 4.25. The van der Waals surface area contributed by atoms with E-state index >= 15 is 0 Å². The summed E-state index contributed by atoms with van der Waals surface area (Å²) < 4.78 is 16.0. The van der Waals surface area contributed by atoms with E-state index in [0.29, 0.717) is 37.8 Å². The highest BCUT2D eigenvalue weighted by Crippen LogP contribution is 2.28. The van der Waals surface area contributed by atoms with Crippen molar-refractivity contribution in [2.24, 2.45) is 4.99 Å². The number of anilines is 1. The van der Waals surface area contributed by atoms with Crippen molar-refractivity contribution >= 4 is 17.6 Å². The monoisotopic (exact) mass is 488 g/mol. The van der Waals surface area contributed by atoms with Gasteiger partial charge in [-0.1, -0.05) is 18.2 Å². The second-order valence-corrected chi connectivity index (χ2v) is 8.61. The summed E-state index contributed by atoms with van der Waals surface area (Å²) in [6.45, 7) is 7.78. The molecule has 0 bridgehead atoms. The largest absolute Gasteiger partial charge is 0.497 e. The van der Waals surface area contributed by atoms with Crippen LogP contribution in [0, 0.1) is 13.8 Å². The van der Waals surface area contributed by atoms with E-state index in [4.69, 9.17) is 19.2 Å². The van der Waals surface area contributed by atoms with E-state index in [0.717, 1.165) is 45.1 Å². The molecule has 0 aliphatic carbocycles. The zero-order valence-electron chi connectivity index (χ0n) is 21.4. The SMILES string of the molecule is CCOC(=O)c1ccc2c(c1)NC(=NCc1ncc(C)c(OC)c1C)N(Cc1ccc(OC)cc1)C2. The van der Waals surface area contributed by atoms with Crippen molar-refractivity contribution in [1.29, 1.82) is 0 Å². The average Bonchev–Trinajstić information content (AvgIpc) is 2.89. The van der Waals surface area contributed by atoms with Crippen LogP contribution in [-0.4, -0.2) is 42.6 Å². The molecule has 2 heterocycles. The molecule has 0 spiro atoms. The van der Waals surface area contributed by atoms with Gasteiger partial charge in [-0.3, -0.25) is 4.98 Å². The number of nitrogens with zero attached hydrogens (tertiary/aromatic N) is 3. The minimum Gasteiger partial charge on any atom is -0.497 e. The molecule has 0 atom stereocenters. The van der Waals surface area contributed by atoms with Gasteiger partial charge in [-0.15, -0.1) is 0 Å². The Morgan fingerprint density at radius 3 is 2.58 bits per heavy atom. The van der Waals surface area contributed by atoms with Crippen molar-refractivity contribution in [2.45, 2.75) is 40.4 Å². The maximum Gasteiger partial charge on any atom is 0.338 e. The number of hydrogen-bond donors (Lipinski definition) is 1. The van der Waals surface area contributed by atoms with Gasteiger partial charge in [0.2, 0.25) is 0 Å². The Hall–Kier alpha value is -4.07. The summed E-state index contributed by atoms with van der Waals surface area (Å²) in [7, 11) is 3.33. The second-order valence-electron chi connectivity index (χ2n) is 8.61. The summed E-state index contributed by atoms with van der Waals surface area (Å²) in [5, 5.41) is 3.44. The average molecular weight is 489 g/mol. The van der Waals surface area contributed by atoms with E-state index < -0.39 is 0 Å². The second kappa shape index (κ2) is 11.1. The van der Waals surface area contributed by atoms with Crippen molar-refractivity contribution in [2.75, 3.05) is 26.1 Å². The van der Waals surface area contributed by atoms with Gasteiger partial charge in [0.25, 0.3) is 0 Å². The van der Waals surface area contributed by atoms with Crippen LogP contribution in [-0.2, 0) is 24.4 Å². The fourth-order valence-corrected chi connectivity index (χ4v) is 4.25. The number of guanidine groups is 1. The molecular weight excluding hydrogens is 456 g/mol. The molecule has 1 N–H and O–H groups in total.